The summed E-state index contributed by atoms with van der Waals surface area (Å²) in [4.78, 5) is 11.3. The summed E-state index contributed by atoms with van der Waals surface area (Å²) in [5.41, 5.74) is 1.07. The van der Waals surface area contributed by atoms with Crippen LogP contribution in [0.25, 0.3) is 10.2 Å². The van der Waals surface area contributed by atoms with Gasteiger partial charge in [-0.1, -0.05) is 13.3 Å². The second-order valence-electron chi connectivity index (χ2n) is 5.43. The molecule has 0 aliphatic carbocycles. The van der Waals surface area contributed by atoms with Gasteiger partial charge in [0.25, 0.3) is 0 Å². The summed E-state index contributed by atoms with van der Waals surface area (Å²) in [6.07, 6.45) is 6.77. The predicted octanol–water partition coefficient (Wildman–Crippen LogP) is 3.05. The summed E-state index contributed by atoms with van der Waals surface area (Å²) < 4.78 is 1.22. The van der Waals surface area contributed by atoms with Gasteiger partial charge < -0.3 is 10.2 Å². The first-order valence-corrected chi connectivity index (χ1v) is 8.43. The monoisotopic (exact) mass is 290 g/mol. The number of nitrogens with zero attached hydrogens (tertiary/aromatic N) is 3. The molecule has 1 N–H and O–H groups in total. The number of fused-ring (bicyclic) bond motifs is 1. The lowest BCUT2D eigenvalue weighted by Crippen LogP contribution is -2.44. The fourth-order valence-electron chi connectivity index (χ4n) is 2.90. The molecule has 1 saturated heterocycles. The van der Waals surface area contributed by atoms with Gasteiger partial charge in [0.15, 0.2) is 0 Å². The molecular formula is C15H22N4S. The van der Waals surface area contributed by atoms with Gasteiger partial charge in [-0.3, -0.25) is 0 Å². The van der Waals surface area contributed by atoms with Crippen molar-refractivity contribution in [3.8, 4) is 0 Å². The van der Waals surface area contributed by atoms with Crippen molar-refractivity contribution >= 4 is 27.4 Å². The third-order valence-corrected chi connectivity index (χ3v) is 4.77. The fourth-order valence-corrected chi connectivity index (χ4v) is 3.76. The van der Waals surface area contributed by atoms with E-state index in [-0.39, 0.29) is 0 Å². The molecule has 3 heterocycles. The van der Waals surface area contributed by atoms with Crippen molar-refractivity contribution < 1.29 is 0 Å². The molecule has 5 heteroatoms. The van der Waals surface area contributed by atoms with E-state index in [0.29, 0.717) is 6.04 Å². The number of hydrogen-bond donors (Lipinski definition) is 1. The lowest BCUT2D eigenvalue weighted by molar-refractivity contribution is 0.398. The van der Waals surface area contributed by atoms with Gasteiger partial charge in [-0.25, -0.2) is 9.97 Å². The molecule has 0 aromatic carbocycles. The van der Waals surface area contributed by atoms with E-state index in [4.69, 9.17) is 0 Å². The Morgan fingerprint density at radius 1 is 1.40 bits per heavy atom. The van der Waals surface area contributed by atoms with Crippen molar-refractivity contribution in [3.05, 3.63) is 17.8 Å². The number of rotatable bonds is 5. The molecule has 1 unspecified atom stereocenters. The molecule has 3 rings (SSSR count). The first kappa shape index (κ1) is 13.8. The second kappa shape index (κ2) is 6.50. The lowest BCUT2D eigenvalue weighted by atomic mass is 10.0. The standard InChI is InChI=1S/C15H22N4S/c1-2-8-19(10-12-5-3-4-7-16-12)15-14-13(6-9-20-14)17-11-18-15/h6,9,11-12,16H,2-5,7-8,10H2,1H3. The van der Waals surface area contributed by atoms with Crippen LogP contribution in [0.1, 0.15) is 32.6 Å². The minimum absolute atomic E-state index is 0.597. The van der Waals surface area contributed by atoms with Crippen molar-refractivity contribution in [1.29, 1.82) is 0 Å². The van der Waals surface area contributed by atoms with Crippen molar-refractivity contribution in [2.75, 3.05) is 24.5 Å². The summed E-state index contributed by atoms with van der Waals surface area (Å²) in [6, 6.07) is 2.68. The van der Waals surface area contributed by atoms with Crippen LogP contribution in [0.15, 0.2) is 17.8 Å². The third-order valence-electron chi connectivity index (χ3n) is 3.87. The van der Waals surface area contributed by atoms with Crippen LogP contribution in [0, 0.1) is 0 Å². The van der Waals surface area contributed by atoms with E-state index in [1.165, 1.54) is 24.0 Å². The first-order valence-electron chi connectivity index (χ1n) is 7.55. The van der Waals surface area contributed by atoms with Crippen molar-refractivity contribution in [3.63, 3.8) is 0 Å². The molecule has 0 amide bonds. The number of piperidine rings is 1. The van der Waals surface area contributed by atoms with Crippen LogP contribution in [0.4, 0.5) is 5.82 Å². The van der Waals surface area contributed by atoms with Crippen LogP contribution in [-0.4, -0.2) is 35.6 Å². The van der Waals surface area contributed by atoms with Gasteiger partial charge in [0.05, 0.1) is 10.2 Å². The third kappa shape index (κ3) is 2.94. The average molecular weight is 290 g/mol. The molecule has 2 aromatic rings. The van der Waals surface area contributed by atoms with Crippen molar-refractivity contribution in [1.82, 2.24) is 15.3 Å². The number of aromatic nitrogens is 2. The van der Waals surface area contributed by atoms with Crippen LogP contribution >= 0.6 is 11.3 Å². The highest BCUT2D eigenvalue weighted by atomic mass is 32.1. The fraction of sp³-hybridized carbons (Fsp3) is 0.600. The molecule has 0 radical (unpaired) electrons. The summed E-state index contributed by atoms with van der Waals surface area (Å²) in [5, 5.41) is 5.74. The second-order valence-corrected chi connectivity index (χ2v) is 6.34. The van der Waals surface area contributed by atoms with Gasteiger partial charge in [0.2, 0.25) is 0 Å². The molecule has 0 saturated carbocycles. The largest absolute Gasteiger partial charge is 0.354 e. The van der Waals surface area contributed by atoms with E-state index in [9.17, 15) is 0 Å². The Balaban J connectivity index is 1.83. The normalized spacial score (nSPS) is 19.4. The van der Waals surface area contributed by atoms with Gasteiger partial charge in [-0.05, 0) is 37.3 Å². The van der Waals surface area contributed by atoms with E-state index in [0.717, 1.165) is 37.4 Å². The summed E-state index contributed by atoms with van der Waals surface area (Å²) in [6.45, 7) is 5.50. The molecule has 20 heavy (non-hydrogen) atoms. The molecule has 108 valence electrons. The molecule has 4 nitrogen and oxygen atoms in total. The number of thiophene rings is 1. The molecule has 1 atom stereocenters. The smallest absolute Gasteiger partial charge is 0.150 e. The van der Waals surface area contributed by atoms with Gasteiger partial charge in [-0.15, -0.1) is 11.3 Å². The van der Waals surface area contributed by atoms with E-state index in [1.54, 1.807) is 17.7 Å². The highest BCUT2D eigenvalue weighted by Gasteiger charge is 2.19. The molecule has 1 aliphatic heterocycles. The van der Waals surface area contributed by atoms with E-state index >= 15 is 0 Å². The zero-order valence-electron chi connectivity index (χ0n) is 12.0. The van der Waals surface area contributed by atoms with Gasteiger partial charge in [0.1, 0.15) is 12.1 Å². The number of hydrogen-bond acceptors (Lipinski definition) is 5. The molecule has 2 aromatic heterocycles. The summed E-state index contributed by atoms with van der Waals surface area (Å²) >= 11 is 1.74. The van der Waals surface area contributed by atoms with Gasteiger partial charge >= 0.3 is 0 Å². The maximum absolute atomic E-state index is 4.56. The lowest BCUT2D eigenvalue weighted by Gasteiger charge is -2.31. The quantitative estimate of drug-likeness (QED) is 0.919. The predicted molar refractivity (Wildman–Crippen MR) is 85.6 cm³/mol. The molecule has 0 spiro atoms. The SMILES string of the molecule is CCCN(CC1CCCCN1)c1ncnc2ccsc12. The maximum atomic E-state index is 4.56. The Hall–Kier alpha value is -1.20. The molecular weight excluding hydrogens is 268 g/mol. The van der Waals surface area contributed by atoms with Crippen molar-refractivity contribution in [2.24, 2.45) is 0 Å². The van der Waals surface area contributed by atoms with Crippen LogP contribution < -0.4 is 10.2 Å². The van der Waals surface area contributed by atoms with Crippen LogP contribution in [0.5, 0.6) is 0 Å². The molecule has 1 aliphatic rings. The summed E-state index contributed by atoms with van der Waals surface area (Å²) in [7, 11) is 0. The first-order chi connectivity index (χ1) is 9.88. The van der Waals surface area contributed by atoms with Crippen LogP contribution in [-0.2, 0) is 0 Å². The van der Waals surface area contributed by atoms with Crippen molar-refractivity contribution in [2.45, 2.75) is 38.6 Å². The Morgan fingerprint density at radius 3 is 3.15 bits per heavy atom. The van der Waals surface area contributed by atoms with Gasteiger partial charge in [0, 0.05) is 19.1 Å². The highest BCUT2D eigenvalue weighted by Crippen LogP contribution is 2.28. The minimum atomic E-state index is 0.597. The van der Waals surface area contributed by atoms with E-state index < -0.39 is 0 Å². The average Bonchev–Trinajstić information content (AvgIpc) is 2.96. The van der Waals surface area contributed by atoms with E-state index in [2.05, 4.69) is 38.6 Å². The Bertz CT molecular complexity index is 548. The summed E-state index contributed by atoms with van der Waals surface area (Å²) in [5.74, 6) is 1.11. The van der Waals surface area contributed by atoms with Gasteiger partial charge in [-0.2, -0.15) is 0 Å². The Labute approximate surface area is 124 Å². The molecule has 1 fully saturated rings. The molecule has 0 bridgehead atoms. The maximum Gasteiger partial charge on any atom is 0.150 e. The van der Waals surface area contributed by atoms with Crippen LogP contribution in [0.3, 0.4) is 0 Å². The van der Waals surface area contributed by atoms with Crippen LogP contribution in [0.2, 0.25) is 0 Å². The highest BCUT2D eigenvalue weighted by molar-refractivity contribution is 7.17. The Morgan fingerprint density at radius 2 is 2.35 bits per heavy atom. The zero-order valence-corrected chi connectivity index (χ0v) is 12.8. The number of nitrogens with one attached hydrogen (secondary N) is 1. The minimum Gasteiger partial charge on any atom is -0.354 e. The Kier molecular flexibility index (Phi) is 4.47. The zero-order chi connectivity index (χ0) is 13.8. The number of anilines is 1. The van der Waals surface area contributed by atoms with E-state index in [1.807, 2.05) is 0 Å². The topological polar surface area (TPSA) is 41.0 Å².